The van der Waals surface area contributed by atoms with Crippen molar-refractivity contribution in [1.82, 2.24) is 14.8 Å². The van der Waals surface area contributed by atoms with Crippen LogP contribution < -0.4 is 0 Å². The van der Waals surface area contributed by atoms with Crippen LogP contribution in [-0.2, 0) is 11.8 Å². The summed E-state index contributed by atoms with van der Waals surface area (Å²) in [5, 5.41) is 5.12. The summed E-state index contributed by atoms with van der Waals surface area (Å²) in [6, 6.07) is 1.82. The van der Waals surface area contributed by atoms with Crippen LogP contribution >= 0.6 is 0 Å². The fourth-order valence-corrected chi connectivity index (χ4v) is 2.13. The molecule has 0 unspecified atom stereocenters. The van der Waals surface area contributed by atoms with Gasteiger partial charge in [-0.1, -0.05) is 13.8 Å². The molecule has 0 spiro atoms. The molecule has 2 heterocycles. The first-order chi connectivity index (χ1) is 8.95. The highest BCUT2D eigenvalue weighted by Gasteiger charge is 2.20. The van der Waals surface area contributed by atoms with Crippen molar-refractivity contribution >= 4 is 17.0 Å². The van der Waals surface area contributed by atoms with E-state index in [2.05, 4.69) is 10.1 Å². The molecule has 19 heavy (non-hydrogen) atoms. The third kappa shape index (κ3) is 2.32. The van der Waals surface area contributed by atoms with Gasteiger partial charge in [0.15, 0.2) is 5.65 Å². The summed E-state index contributed by atoms with van der Waals surface area (Å²) >= 11 is 0. The molecule has 2 aromatic heterocycles. The van der Waals surface area contributed by atoms with E-state index < -0.39 is 0 Å². The van der Waals surface area contributed by atoms with Crippen molar-refractivity contribution in [2.75, 3.05) is 6.61 Å². The number of hydrogen-bond acceptors (Lipinski definition) is 4. The fraction of sp³-hybridized carbons (Fsp3) is 0.500. The number of nitrogens with zero attached hydrogens (tertiary/aromatic N) is 3. The molecular formula is C14H19N3O2. The van der Waals surface area contributed by atoms with E-state index >= 15 is 0 Å². The molecule has 0 aromatic carbocycles. The standard InChI is InChI=1S/C14H19N3O2/c1-6-19-14(18)10-7-11(8(2)3)15-13-12(10)9(4)16-17(13)5/h7-8H,6H2,1-5H3. The minimum atomic E-state index is -0.312. The lowest BCUT2D eigenvalue weighted by Crippen LogP contribution is -2.08. The second-order valence-electron chi connectivity index (χ2n) is 4.88. The maximum Gasteiger partial charge on any atom is 0.339 e. The molecule has 2 aromatic rings. The molecule has 0 aliphatic rings. The third-order valence-corrected chi connectivity index (χ3v) is 3.08. The predicted molar refractivity (Wildman–Crippen MR) is 73.3 cm³/mol. The predicted octanol–water partition coefficient (Wildman–Crippen LogP) is 2.58. The van der Waals surface area contributed by atoms with Crippen LogP contribution in [0, 0.1) is 6.92 Å². The Morgan fingerprint density at radius 3 is 2.74 bits per heavy atom. The molecule has 5 nitrogen and oxygen atoms in total. The molecule has 0 fully saturated rings. The van der Waals surface area contributed by atoms with Gasteiger partial charge in [0.25, 0.3) is 0 Å². The van der Waals surface area contributed by atoms with Crippen LogP contribution in [0.3, 0.4) is 0 Å². The molecule has 0 saturated carbocycles. The van der Waals surface area contributed by atoms with Crippen molar-refractivity contribution in [2.24, 2.45) is 7.05 Å². The van der Waals surface area contributed by atoms with Crippen LogP contribution in [-0.4, -0.2) is 27.3 Å². The number of aromatic nitrogens is 3. The molecule has 102 valence electrons. The van der Waals surface area contributed by atoms with E-state index in [4.69, 9.17) is 4.74 Å². The van der Waals surface area contributed by atoms with Crippen LogP contribution in [0.2, 0.25) is 0 Å². The summed E-state index contributed by atoms with van der Waals surface area (Å²) in [4.78, 5) is 16.7. The van der Waals surface area contributed by atoms with Gasteiger partial charge in [0.05, 0.1) is 23.3 Å². The number of rotatable bonds is 3. The molecule has 2 rings (SSSR count). The first-order valence-corrected chi connectivity index (χ1v) is 6.47. The van der Waals surface area contributed by atoms with Crippen molar-refractivity contribution in [3.05, 3.63) is 23.0 Å². The SMILES string of the molecule is CCOC(=O)c1cc(C(C)C)nc2c1c(C)nn2C. The minimum Gasteiger partial charge on any atom is -0.462 e. The normalized spacial score (nSPS) is 11.3. The second kappa shape index (κ2) is 4.99. The number of ether oxygens (including phenoxy) is 1. The van der Waals surface area contributed by atoms with E-state index in [1.165, 1.54) is 0 Å². The number of aryl methyl sites for hydroxylation is 2. The van der Waals surface area contributed by atoms with Gasteiger partial charge in [0, 0.05) is 12.7 Å². The average molecular weight is 261 g/mol. The molecule has 0 radical (unpaired) electrons. The number of pyridine rings is 1. The van der Waals surface area contributed by atoms with Gasteiger partial charge in [0.1, 0.15) is 0 Å². The first-order valence-electron chi connectivity index (χ1n) is 6.47. The summed E-state index contributed by atoms with van der Waals surface area (Å²) in [6.07, 6.45) is 0. The monoisotopic (exact) mass is 261 g/mol. The highest BCUT2D eigenvalue weighted by atomic mass is 16.5. The first kappa shape index (κ1) is 13.5. The Labute approximate surface area is 112 Å². The maximum absolute atomic E-state index is 12.1. The van der Waals surface area contributed by atoms with Gasteiger partial charge in [-0.3, -0.25) is 4.68 Å². The van der Waals surface area contributed by atoms with Gasteiger partial charge in [-0.2, -0.15) is 5.10 Å². The van der Waals surface area contributed by atoms with Crippen molar-refractivity contribution in [3.8, 4) is 0 Å². The third-order valence-electron chi connectivity index (χ3n) is 3.08. The molecule has 0 saturated heterocycles. The lowest BCUT2D eigenvalue weighted by atomic mass is 10.0. The molecule has 0 amide bonds. The van der Waals surface area contributed by atoms with Gasteiger partial charge in [0.2, 0.25) is 0 Å². The van der Waals surface area contributed by atoms with Crippen molar-refractivity contribution < 1.29 is 9.53 Å². The highest BCUT2D eigenvalue weighted by molar-refractivity contribution is 6.03. The number of esters is 1. The number of hydrogen-bond donors (Lipinski definition) is 0. The summed E-state index contributed by atoms with van der Waals surface area (Å²) in [5.74, 6) is -0.0688. The van der Waals surface area contributed by atoms with Gasteiger partial charge in [-0.05, 0) is 25.8 Å². The number of carbonyl (C=O) groups is 1. The fourth-order valence-electron chi connectivity index (χ4n) is 2.13. The smallest absolute Gasteiger partial charge is 0.339 e. The van der Waals surface area contributed by atoms with Crippen LogP contribution in [0.5, 0.6) is 0 Å². The zero-order valence-electron chi connectivity index (χ0n) is 12.0. The second-order valence-corrected chi connectivity index (χ2v) is 4.88. The highest BCUT2D eigenvalue weighted by Crippen LogP contribution is 2.25. The summed E-state index contributed by atoms with van der Waals surface area (Å²) < 4.78 is 6.84. The zero-order chi connectivity index (χ0) is 14.2. The minimum absolute atomic E-state index is 0.243. The van der Waals surface area contributed by atoms with E-state index in [9.17, 15) is 4.79 Å². The van der Waals surface area contributed by atoms with Gasteiger partial charge in [-0.15, -0.1) is 0 Å². The van der Waals surface area contributed by atoms with E-state index in [1.807, 2.05) is 33.9 Å². The van der Waals surface area contributed by atoms with E-state index in [0.717, 1.165) is 22.4 Å². The van der Waals surface area contributed by atoms with Gasteiger partial charge >= 0.3 is 5.97 Å². The summed E-state index contributed by atoms with van der Waals surface area (Å²) in [5.41, 5.74) is 2.95. The largest absolute Gasteiger partial charge is 0.462 e. The lowest BCUT2D eigenvalue weighted by Gasteiger charge is -2.09. The number of carbonyl (C=O) groups excluding carboxylic acids is 1. The number of fused-ring (bicyclic) bond motifs is 1. The Morgan fingerprint density at radius 2 is 2.16 bits per heavy atom. The van der Waals surface area contributed by atoms with E-state index in [1.54, 1.807) is 11.6 Å². The Hall–Kier alpha value is -1.91. The molecule has 0 aliphatic carbocycles. The Balaban J connectivity index is 2.74. The van der Waals surface area contributed by atoms with Crippen molar-refractivity contribution in [1.29, 1.82) is 0 Å². The quantitative estimate of drug-likeness (QED) is 0.797. The molecule has 0 N–H and O–H groups in total. The van der Waals surface area contributed by atoms with Gasteiger partial charge < -0.3 is 4.74 Å². The van der Waals surface area contributed by atoms with Crippen molar-refractivity contribution in [3.63, 3.8) is 0 Å². The molecule has 5 heteroatoms. The molecule has 0 bridgehead atoms. The van der Waals surface area contributed by atoms with Crippen LogP contribution in [0.25, 0.3) is 11.0 Å². The van der Waals surface area contributed by atoms with Crippen LogP contribution in [0.4, 0.5) is 0 Å². The Kier molecular flexibility index (Phi) is 3.55. The molecular weight excluding hydrogens is 242 g/mol. The summed E-state index contributed by atoms with van der Waals surface area (Å²) in [7, 11) is 1.83. The summed E-state index contributed by atoms with van der Waals surface area (Å²) in [6.45, 7) is 8.13. The van der Waals surface area contributed by atoms with E-state index in [-0.39, 0.29) is 11.9 Å². The molecule has 0 atom stereocenters. The van der Waals surface area contributed by atoms with E-state index in [0.29, 0.717) is 12.2 Å². The topological polar surface area (TPSA) is 57.0 Å². The van der Waals surface area contributed by atoms with Crippen LogP contribution in [0.1, 0.15) is 48.4 Å². The van der Waals surface area contributed by atoms with Crippen LogP contribution in [0.15, 0.2) is 6.07 Å². The maximum atomic E-state index is 12.1. The average Bonchev–Trinajstić information content (AvgIpc) is 2.64. The Morgan fingerprint density at radius 1 is 1.47 bits per heavy atom. The van der Waals surface area contributed by atoms with Crippen molar-refractivity contribution in [2.45, 2.75) is 33.6 Å². The van der Waals surface area contributed by atoms with Gasteiger partial charge in [-0.25, -0.2) is 9.78 Å². The zero-order valence-corrected chi connectivity index (χ0v) is 12.0. The molecule has 0 aliphatic heterocycles. The lowest BCUT2D eigenvalue weighted by molar-refractivity contribution is 0.0528. The Bertz CT molecular complexity index is 629.